The number of ketones is 1. The molecule has 1 aromatic heterocycles. The average molecular weight is 252 g/mol. The Balaban J connectivity index is 3.10. The molecule has 0 aliphatic carbocycles. The van der Waals surface area contributed by atoms with Crippen molar-refractivity contribution < 1.29 is 19.1 Å². The average Bonchev–Trinajstić information content (AvgIpc) is 2.31. The molecule has 98 valence electrons. The van der Waals surface area contributed by atoms with Gasteiger partial charge in [-0.3, -0.25) is 4.79 Å². The molecule has 0 saturated heterocycles. The number of hydrogen-bond acceptors (Lipinski definition) is 6. The van der Waals surface area contributed by atoms with E-state index in [1.807, 2.05) is 0 Å². The number of ether oxygens (including phenoxy) is 2. The number of aryl methyl sites for hydroxylation is 2. The minimum Gasteiger partial charge on any atom is -0.460 e. The van der Waals surface area contributed by atoms with Crippen LogP contribution in [-0.2, 0) is 9.47 Å². The van der Waals surface area contributed by atoms with Crippen LogP contribution in [0.2, 0.25) is 0 Å². The normalized spacial score (nSPS) is 10.2. The van der Waals surface area contributed by atoms with Gasteiger partial charge in [0.25, 0.3) is 0 Å². The van der Waals surface area contributed by atoms with E-state index in [1.54, 1.807) is 13.8 Å². The molecule has 0 N–H and O–H groups in total. The summed E-state index contributed by atoms with van der Waals surface area (Å²) in [5.74, 6) is -0.808. The maximum absolute atomic E-state index is 11.9. The first-order valence-corrected chi connectivity index (χ1v) is 5.50. The molecule has 0 radical (unpaired) electrons. The standard InChI is InChI=1S/C12H16N2O4/c1-7-10(9(3)15)11(8(2)14-13-7)12(16)18-6-5-17-4/h5-6H2,1-4H3. The number of aromatic nitrogens is 2. The maximum Gasteiger partial charge on any atom is 0.340 e. The first-order chi connectivity index (χ1) is 8.49. The van der Waals surface area contributed by atoms with E-state index in [0.717, 1.165) is 0 Å². The smallest absolute Gasteiger partial charge is 0.340 e. The Hall–Kier alpha value is -1.82. The van der Waals surface area contributed by atoms with Crippen LogP contribution < -0.4 is 0 Å². The zero-order chi connectivity index (χ0) is 13.7. The Morgan fingerprint density at radius 1 is 1.06 bits per heavy atom. The summed E-state index contributed by atoms with van der Waals surface area (Å²) in [6.07, 6.45) is 0. The number of esters is 1. The van der Waals surface area contributed by atoms with Gasteiger partial charge in [0.15, 0.2) is 5.78 Å². The third kappa shape index (κ3) is 3.10. The molecular weight excluding hydrogens is 236 g/mol. The van der Waals surface area contributed by atoms with Gasteiger partial charge in [0.1, 0.15) is 6.61 Å². The van der Waals surface area contributed by atoms with E-state index in [2.05, 4.69) is 10.2 Å². The van der Waals surface area contributed by atoms with Crippen LogP contribution in [0, 0.1) is 13.8 Å². The van der Waals surface area contributed by atoms with E-state index in [0.29, 0.717) is 18.0 Å². The Kier molecular flexibility index (Phi) is 4.91. The van der Waals surface area contributed by atoms with Gasteiger partial charge in [-0.25, -0.2) is 4.79 Å². The van der Waals surface area contributed by atoms with E-state index in [4.69, 9.17) is 9.47 Å². The summed E-state index contributed by atoms with van der Waals surface area (Å²) >= 11 is 0. The molecule has 6 nitrogen and oxygen atoms in total. The molecule has 0 spiro atoms. The number of carbonyl (C=O) groups excluding carboxylic acids is 2. The van der Waals surface area contributed by atoms with Crippen LogP contribution in [-0.4, -0.2) is 42.3 Å². The lowest BCUT2D eigenvalue weighted by atomic mass is 10.0. The van der Waals surface area contributed by atoms with E-state index in [-0.39, 0.29) is 23.5 Å². The van der Waals surface area contributed by atoms with Gasteiger partial charge in [-0.1, -0.05) is 0 Å². The lowest BCUT2D eigenvalue weighted by Crippen LogP contribution is -2.18. The zero-order valence-electron chi connectivity index (χ0n) is 10.9. The maximum atomic E-state index is 11.9. The van der Waals surface area contributed by atoms with Gasteiger partial charge in [-0.05, 0) is 20.8 Å². The van der Waals surface area contributed by atoms with E-state index >= 15 is 0 Å². The van der Waals surface area contributed by atoms with Crippen molar-refractivity contribution in [2.24, 2.45) is 0 Å². The summed E-state index contributed by atoms with van der Waals surface area (Å²) in [5, 5.41) is 7.67. The number of methoxy groups -OCH3 is 1. The zero-order valence-corrected chi connectivity index (χ0v) is 10.9. The first kappa shape index (κ1) is 14.2. The second kappa shape index (κ2) is 6.20. The fourth-order valence-electron chi connectivity index (χ4n) is 1.58. The number of rotatable bonds is 5. The van der Waals surface area contributed by atoms with Crippen LogP contribution in [0.5, 0.6) is 0 Å². The summed E-state index contributed by atoms with van der Waals surface area (Å²) in [6, 6.07) is 0. The SMILES string of the molecule is COCCOC(=O)c1c(C)nnc(C)c1C(C)=O. The summed E-state index contributed by atoms with van der Waals surface area (Å²) in [7, 11) is 1.51. The molecule has 0 saturated carbocycles. The topological polar surface area (TPSA) is 78.4 Å². The van der Waals surface area contributed by atoms with Gasteiger partial charge in [0.2, 0.25) is 0 Å². The van der Waals surface area contributed by atoms with E-state index < -0.39 is 5.97 Å². The van der Waals surface area contributed by atoms with Gasteiger partial charge < -0.3 is 9.47 Å². The third-order valence-corrected chi connectivity index (χ3v) is 2.40. The van der Waals surface area contributed by atoms with Crippen LogP contribution in [0.4, 0.5) is 0 Å². The Labute approximate surface area is 105 Å². The van der Waals surface area contributed by atoms with Crippen molar-refractivity contribution in [1.82, 2.24) is 10.2 Å². The number of Topliss-reactive ketones (excluding diaryl/α,β-unsaturated/α-hetero) is 1. The Morgan fingerprint density at radius 2 is 1.61 bits per heavy atom. The molecule has 1 aromatic rings. The summed E-state index contributed by atoms with van der Waals surface area (Å²) in [4.78, 5) is 23.5. The highest BCUT2D eigenvalue weighted by Gasteiger charge is 2.22. The molecule has 0 amide bonds. The number of hydrogen-bond donors (Lipinski definition) is 0. The monoisotopic (exact) mass is 252 g/mol. The van der Waals surface area contributed by atoms with Crippen molar-refractivity contribution in [3.8, 4) is 0 Å². The predicted octanol–water partition coefficient (Wildman–Crippen LogP) is 1.10. The fourth-order valence-corrected chi connectivity index (χ4v) is 1.58. The predicted molar refractivity (Wildman–Crippen MR) is 63.7 cm³/mol. The molecule has 0 fully saturated rings. The van der Waals surface area contributed by atoms with Crippen molar-refractivity contribution in [2.75, 3.05) is 20.3 Å². The van der Waals surface area contributed by atoms with Gasteiger partial charge >= 0.3 is 5.97 Å². The van der Waals surface area contributed by atoms with Crippen LogP contribution in [0.3, 0.4) is 0 Å². The molecule has 1 heterocycles. The Bertz CT molecular complexity index is 471. The van der Waals surface area contributed by atoms with Crippen LogP contribution >= 0.6 is 0 Å². The second-order valence-corrected chi connectivity index (χ2v) is 3.81. The summed E-state index contributed by atoms with van der Waals surface area (Å²) in [5.41, 5.74) is 1.26. The fraction of sp³-hybridized carbons (Fsp3) is 0.500. The molecule has 0 aliphatic heterocycles. The third-order valence-electron chi connectivity index (χ3n) is 2.40. The number of nitrogens with zero attached hydrogens (tertiary/aromatic N) is 2. The molecule has 0 atom stereocenters. The largest absolute Gasteiger partial charge is 0.460 e. The quantitative estimate of drug-likeness (QED) is 0.443. The second-order valence-electron chi connectivity index (χ2n) is 3.81. The van der Waals surface area contributed by atoms with Crippen LogP contribution in [0.1, 0.15) is 39.0 Å². The highest BCUT2D eigenvalue weighted by atomic mass is 16.6. The highest BCUT2D eigenvalue weighted by Crippen LogP contribution is 2.16. The van der Waals surface area contributed by atoms with E-state index in [1.165, 1.54) is 14.0 Å². The highest BCUT2D eigenvalue weighted by molar-refractivity contribution is 6.06. The van der Waals surface area contributed by atoms with E-state index in [9.17, 15) is 9.59 Å². The molecule has 0 unspecified atom stereocenters. The molecule has 6 heteroatoms. The van der Waals surface area contributed by atoms with Crippen LogP contribution in [0.15, 0.2) is 0 Å². The van der Waals surface area contributed by atoms with Crippen molar-refractivity contribution >= 4 is 11.8 Å². The first-order valence-electron chi connectivity index (χ1n) is 5.50. The molecule has 0 aliphatic rings. The molecule has 0 aromatic carbocycles. The minimum absolute atomic E-state index is 0.132. The minimum atomic E-state index is -0.576. The molecule has 18 heavy (non-hydrogen) atoms. The van der Waals surface area contributed by atoms with Gasteiger partial charge in [0, 0.05) is 7.11 Å². The van der Waals surface area contributed by atoms with Gasteiger partial charge in [-0.15, -0.1) is 0 Å². The van der Waals surface area contributed by atoms with Crippen LogP contribution in [0.25, 0.3) is 0 Å². The number of carbonyl (C=O) groups is 2. The van der Waals surface area contributed by atoms with Gasteiger partial charge in [0.05, 0.1) is 29.1 Å². The lowest BCUT2D eigenvalue weighted by molar-refractivity contribution is 0.0384. The van der Waals surface area contributed by atoms with Crippen molar-refractivity contribution in [2.45, 2.75) is 20.8 Å². The molecular formula is C12H16N2O4. The van der Waals surface area contributed by atoms with Crippen molar-refractivity contribution in [1.29, 1.82) is 0 Å². The van der Waals surface area contributed by atoms with Crippen molar-refractivity contribution in [3.63, 3.8) is 0 Å². The van der Waals surface area contributed by atoms with Crippen molar-refractivity contribution in [3.05, 3.63) is 22.5 Å². The lowest BCUT2D eigenvalue weighted by Gasteiger charge is -2.10. The summed E-state index contributed by atoms with van der Waals surface area (Å²) in [6.45, 7) is 5.07. The summed E-state index contributed by atoms with van der Waals surface area (Å²) < 4.78 is 9.80. The molecule has 0 bridgehead atoms. The van der Waals surface area contributed by atoms with Gasteiger partial charge in [-0.2, -0.15) is 10.2 Å². The Morgan fingerprint density at radius 3 is 2.11 bits per heavy atom. The molecule has 1 rings (SSSR count).